The molecule has 5 nitrogen and oxygen atoms in total. The van der Waals surface area contributed by atoms with Crippen LogP contribution in [0.25, 0.3) is 0 Å². The zero-order chi connectivity index (χ0) is 15.5. The molecule has 0 saturated carbocycles. The third-order valence-corrected chi connectivity index (χ3v) is 5.30. The van der Waals surface area contributed by atoms with Gasteiger partial charge in [-0.3, -0.25) is 4.79 Å². The molecule has 2 rings (SSSR count). The van der Waals surface area contributed by atoms with Crippen molar-refractivity contribution in [3.8, 4) is 5.75 Å². The Morgan fingerprint density at radius 1 is 1.38 bits per heavy atom. The van der Waals surface area contributed by atoms with E-state index in [0.29, 0.717) is 12.2 Å². The molecule has 1 aromatic carbocycles. The summed E-state index contributed by atoms with van der Waals surface area (Å²) in [6.07, 6.45) is 0.647. The summed E-state index contributed by atoms with van der Waals surface area (Å²) in [6.45, 7) is 0.175. The summed E-state index contributed by atoms with van der Waals surface area (Å²) < 4.78 is 40.9. The molecule has 0 radical (unpaired) electrons. The molecule has 1 atom stereocenters. The molecule has 0 spiro atoms. The molecule has 0 N–H and O–H groups in total. The molecule has 7 heteroatoms. The monoisotopic (exact) mass is 315 g/mol. The molecule has 1 fully saturated rings. The van der Waals surface area contributed by atoms with Crippen molar-refractivity contribution in [1.82, 2.24) is 4.90 Å². The third-order valence-electron chi connectivity index (χ3n) is 3.55. The number of hydrogen-bond acceptors (Lipinski definition) is 4. The smallest absolute Gasteiger partial charge is 0.226 e. The van der Waals surface area contributed by atoms with E-state index in [1.54, 1.807) is 7.05 Å². The van der Waals surface area contributed by atoms with Crippen LogP contribution >= 0.6 is 0 Å². The van der Waals surface area contributed by atoms with Crippen LogP contribution in [-0.4, -0.2) is 50.4 Å². The number of rotatable bonds is 5. The van der Waals surface area contributed by atoms with E-state index in [0.717, 1.165) is 0 Å². The molecule has 21 heavy (non-hydrogen) atoms. The number of carbonyl (C=O) groups excluding carboxylic acids is 1. The van der Waals surface area contributed by atoms with Crippen molar-refractivity contribution >= 4 is 15.7 Å². The second-order valence-corrected chi connectivity index (χ2v) is 7.34. The van der Waals surface area contributed by atoms with Crippen molar-refractivity contribution in [2.75, 3.05) is 25.2 Å². The number of nitrogens with zero attached hydrogens (tertiary/aromatic N) is 1. The molecular formula is C14H18FNO4S. The van der Waals surface area contributed by atoms with Crippen molar-refractivity contribution in [2.45, 2.75) is 18.9 Å². The molecule has 1 aliphatic heterocycles. The van der Waals surface area contributed by atoms with Gasteiger partial charge in [-0.2, -0.15) is 0 Å². The lowest BCUT2D eigenvalue weighted by molar-refractivity contribution is -0.132. The van der Waals surface area contributed by atoms with E-state index in [1.165, 1.54) is 29.2 Å². The molecule has 0 aromatic heterocycles. The van der Waals surface area contributed by atoms with E-state index in [1.807, 2.05) is 0 Å². The molecule has 0 bridgehead atoms. The highest BCUT2D eigenvalue weighted by Crippen LogP contribution is 2.17. The highest BCUT2D eigenvalue weighted by atomic mass is 32.2. The van der Waals surface area contributed by atoms with Gasteiger partial charge in [-0.25, -0.2) is 12.8 Å². The lowest BCUT2D eigenvalue weighted by Gasteiger charge is -2.23. The Balaban J connectivity index is 1.78. The second kappa shape index (κ2) is 6.43. The van der Waals surface area contributed by atoms with Crippen LogP contribution in [0, 0.1) is 5.82 Å². The van der Waals surface area contributed by atoms with Crippen LogP contribution in [0.5, 0.6) is 5.75 Å². The summed E-state index contributed by atoms with van der Waals surface area (Å²) in [4.78, 5) is 13.5. The predicted molar refractivity (Wildman–Crippen MR) is 76.3 cm³/mol. The van der Waals surface area contributed by atoms with Crippen LogP contribution in [0.15, 0.2) is 24.3 Å². The SMILES string of the molecule is CN(C(=O)CCOc1ccc(F)cc1)C1CCS(=O)(=O)C1. The van der Waals surface area contributed by atoms with E-state index in [-0.39, 0.29) is 42.3 Å². The van der Waals surface area contributed by atoms with Crippen molar-refractivity contribution in [1.29, 1.82) is 0 Å². The van der Waals surface area contributed by atoms with Gasteiger partial charge in [-0.05, 0) is 30.7 Å². The van der Waals surface area contributed by atoms with E-state index in [9.17, 15) is 17.6 Å². The van der Waals surface area contributed by atoms with Gasteiger partial charge in [-0.1, -0.05) is 0 Å². The first-order valence-electron chi connectivity index (χ1n) is 6.72. The molecule has 1 amide bonds. The summed E-state index contributed by atoms with van der Waals surface area (Å²) in [7, 11) is -1.39. The minimum atomic E-state index is -3.00. The van der Waals surface area contributed by atoms with Crippen LogP contribution in [0.4, 0.5) is 4.39 Å². The number of halogens is 1. The van der Waals surface area contributed by atoms with Crippen molar-refractivity contribution in [2.24, 2.45) is 0 Å². The van der Waals surface area contributed by atoms with Gasteiger partial charge in [0, 0.05) is 13.1 Å². The normalized spacial score (nSPS) is 20.2. The fraction of sp³-hybridized carbons (Fsp3) is 0.500. The van der Waals surface area contributed by atoms with Gasteiger partial charge in [0.05, 0.1) is 24.5 Å². The fourth-order valence-electron chi connectivity index (χ4n) is 2.25. The van der Waals surface area contributed by atoms with Gasteiger partial charge in [0.25, 0.3) is 0 Å². The van der Waals surface area contributed by atoms with Crippen molar-refractivity contribution in [3.05, 3.63) is 30.1 Å². The average molecular weight is 315 g/mol. The number of ether oxygens (including phenoxy) is 1. The summed E-state index contributed by atoms with van der Waals surface area (Å²) in [5, 5.41) is 0. The summed E-state index contributed by atoms with van der Waals surface area (Å²) >= 11 is 0. The quantitative estimate of drug-likeness (QED) is 0.820. The summed E-state index contributed by atoms with van der Waals surface area (Å²) in [5.41, 5.74) is 0. The fourth-order valence-corrected chi connectivity index (χ4v) is 4.02. The van der Waals surface area contributed by atoms with E-state index in [2.05, 4.69) is 0 Å². The predicted octanol–water partition coefficient (Wildman–Crippen LogP) is 1.24. The van der Waals surface area contributed by atoms with Gasteiger partial charge in [0.2, 0.25) is 5.91 Å². The molecule has 1 aromatic rings. The van der Waals surface area contributed by atoms with Crippen LogP contribution in [0.3, 0.4) is 0 Å². The lowest BCUT2D eigenvalue weighted by Crippen LogP contribution is -2.38. The maximum atomic E-state index is 12.7. The molecule has 1 unspecified atom stereocenters. The van der Waals surface area contributed by atoms with Crippen LogP contribution in [0.2, 0.25) is 0 Å². The standard InChI is InChI=1S/C14H18FNO4S/c1-16(12-7-9-21(18,19)10-12)14(17)6-8-20-13-4-2-11(15)3-5-13/h2-5,12H,6-10H2,1H3. The molecule has 1 heterocycles. The molecular weight excluding hydrogens is 297 g/mol. The number of amides is 1. The van der Waals surface area contributed by atoms with E-state index >= 15 is 0 Å². The summed E-state index contributed by atoms with van der Waals surface area (Å²) in [5.74, 6) is 0.171. The Morgan fingerprint density at radius 3 is 2.62 bits per heavy atom. The Morgan fingerprint density at radius 2 is 2.05 bits per heavy atom. The van der Waals surface area contributed by atoms with Gasteiger partial charge in [0.1, 0.15) is 11.6 Å². The Labute approximate surface area is 123 Å². The van der Waals surface area contributed by atoms with E-state index < -0.39 is 9.84 Å². The Bertz CT molecular complexity index is 600. The topological polar surface area (TPSA) is 63.7 Å². The lowest BCUT2D eigenvalue weighted by atomic mass is 10.2. The minimum Gasteiger partial charge on any atom is -0.493 e. The number of benzene rings is 1. The molecule has 116 valence electrons. The van der Waals surface area contributed by atoms with Gasteiger partial charge >= 0.3 is 0 Å². The molecule has 1 aliphatic rings. The summed E-state index contributed by atoms with van der Waals surface area (Å²) in [6, 6.07) is 5.31. The van der Waals surface area contributed by atoms with Crippen LogP contribution in [-0.2, 0) is 14.6 Å². The minimum absolute atomic E-state index is 0.0358. The van der Waals surface area contributed by atoms with Gasteiger partial charge in [0.15, 0.2) is 9.84 Å². The highest BCUT2D eigenvalue weighted by Gasteiger charge is 2.32. The average Bonchev–Trinajstić information content (AvgIpc) is 2.80. The first-order chi connectivity index (χ1) is 9.87. The zero-order valence-electron chi connectivity index (χ0n) is 11.8. The Hall–Kier alpha value is -1.63. The number of sulfone groups is 1. The van der Waals surface area contributed by atoms with E-state index in [4.69, 9.17) is 4.74 Å². The maximum absolute atomic E-state index is 12.7. The zero-order valence-corrected chi connectivity index (χ0v) is 12.6. The highest BCUT2D eigenvalue weighted by molar-refractivity contribution is 7.91. The third kappa shape index (κ3) is 4.42. The van der Waals surface area contributed by atoms with Crippen molar-refractivity contribution < 1.29 is 22.3 Å². The molecule has 1 saturated heterocycles. The first-order valence-corrected chi connectivity index (χ1v) is 8.54. The van der Waals surface area contributed by atoms with Crippen molar-refractivity contribution in [3.63, 3.8) is 0 Å². The molecule has 0 aliphatic carbocycles. The largest absolute Gasteiger partial charge is 0.493 e. The first kappa shape index (κ1) is 15.8. The van der Waals surface area contributed by atoms with Crippen LogP contribution < -0.4 is 4.74 Å². The van der Waals surface area contributed by atoms with Gasteiger partial charge < -0.3 is 9.64 Å². The van der Waals surface area contributed by atoms with Crippen LogP contribution in [0.1, 0.15) is 12.8 Å². The number of hydrogen-bond donors (Lipinski definition) is 0. The number of carbonyl (C=O) groups is 1. The van der Waals surface area contributed by atoms with Gasteiger partial charge in [-0.15, -0.1) is 0 Å². The Kier molecular flexibility index (Phi) is 4.82. The second-order valence-electron chi connectivity index (χ2n) is 5.11. The maximum Gasteiger partial charge on any atom is 0.226 e.